The highest BCUT2D eigenvalue weighted by molar-refractivity contribution is 5.95. The molecular weight excluding hydrogens is 426 g/mol. The molecule has 0 fully saturated rings. The Morgan fingerprint density at radius 2 is 1.82 bits per heavy atom. The normalized spacial score (nSPS) is 10.9. The summed E-state index contributed by atoms with van der Waals surface area (Å²) in [6, 6.07) is 13.5. The van der Waals surface area contributed by atoms with Crippen LogP contribution in [0.1, 0.15) is 44.9 Å². The fraction of sp³-hybridized carbons (Fsp3) is 0.259. The lowest BCUT2D eigenvalue weighted by Gasteiger charge is -2.21. The number of hydrogen-bond donors (Lipinski definition) is 1. The van der Waals surface area contributed by atoms with Gasteiger partial charge in [-0.05, 0) is 49.1 Å². The third-order valence-corrected chi connectivity index (χ3v) is 6.00. The molecule has 174 valence electrons. The van der Waals surface area contributed by atoms with Crippen LogP contribution in [-0.4, -0.2) is 31.6 Å². The Balaban J connectivity index is 1.67. The van der Waals surface area contributed by atoms with Crippen LogP contribution in [-0.2, 0) is 19.5 Å². The van der Waals surface area contributed by atoms with E-state index in [-0.39, 0.29) is 16.9 Å². The van der Waals surface area contributed by atoms with E-state index in [1.54, 1.807) is 31.0 Å². The molecule has 0 unspecified atom stereocenters. The first-order chi connectivity index (χ1) is 16.5. The summed E-state index contributed by atoms with van der Waals surface area (Å²) in [7, 11) is 0. The second kappa shape index (κ2) is 10.7. The van der Waals surface area contributed by atoms with E-state index in [9.17, 15) is 9.59 Å². The minimum Gasteiger partial charge on any atom is -0.352 e. The van der Waals surface area contributed by atoms with Gasteiger partial charge in [-0.3, -0.25) is 14.6 Å². The van der Waals surface area contributed by atoms with Crippen LogP contribution in [0.3, 0.4) is 0 Å². The molecule has 3 heterocycles. The molecule has 0 saturated carbocycles. The molecule has 1 N–H and O–H groups in total. The lowest BCUT2D eigenvalue weighted by molar-refractivity contribution is 0.0949. The summed E-state index contributed by atoms with van der Waals surface area (Å²) in [6.45, 7) is 5.73. The van der Waals surface area contributed by atoms with Gasteiger partial charge in [-0.25, -0.2) is 4.98 Å². The minimum absolute atomic E-state index is 0.213. The summed E-state index contributed by atoms with van der Waals surface area (Å²) in [4.78, 5) is 34.5. The van der Waals surface area contributed by atoms with E-state index in [1.807, 2.05) is 61.0 Å². The van der Waals surface area contributed by atoms with Gasteiger partial charge in [0, 0.05) is 68.3 Å². The molecule has 7 heteroatoms. The first kappa shape index (κ1) is 23.2. The van der Waals surface area contributed by atoms with Crippen LogP contribution in [0.5, 0.6) is 0 Å². The largest absolute Gasteiger partial charge is 0.352 e. The van der Waals surface area contributed by atoms with E-state index in [1.165, 1.54) is 0 Å². The molecule has 0 spiro atoms. The number of nitrogens with zero attached hydrogens (tertiary/aromatic N) is 4. The average molecular weight is 456 g/mol. The van der Waals surface area contributed by atoms with E-state index in [2.05, 4.69) is 19.9 Å². The van der Waals surface area contributed by atoms with Crippen molar-refractivity contribution in [2.24, 2.45) is 0 Å². The monoisotopic (exact) mass is 455 g/mol. The number of hydrogen-bond acceptors (Lipinski definition) is 4. The predicted molar refractivity (Wildman–Crippen MR) is 132 cm³/mol. The van der Waals surface area contributed by atoms with E-state index >= 15 is 0 Å². The van der Waals surface area contributed by atoms with Gasteiger partial charge in [0.25, 0.3) is 5.91 Å². The molecule has 1 amide bonds. The van der Waals surface area contributed by atoms with Crippen LogP contribution in [0, 0.1) is 13.8 Å². The van der Waals surface area contributed by atoms with Crippen LogP contribution in [0.15, 0.2) is 78.4 Å². The molecule has 0 aliphatic heterocycles. The van der Waals surface area contributed by atoms with Crippen molar-refractivity contribution in [1.29, 1.82) is 0 Å². The Morgan fingerprint density at radius 1 is 1.03 bits per heavy atom. The molecular formula is C27H29N5O2. The van der Waals surface area contributed by atoms with Gasteiger partial charge in [-0.2, -0.15) is 0 Å². The van der Waals surface area contributed by atoms with E-state index in [4.69, 9.17) is 0 Å². The number of carbonyl (C=O) groups excluding carboxylic acids is 1. The summed E-state index contributed by atoms with van der Waals surface area (Å²) in [6.07, 6.45) is 10.1. The summed E-state index contributed by atoms with van der Waals surface area (Å²) in [5.41, 5.74) is 4.78. The molecule has 4 aromatic rings. The average Bonchev–Trinajstić information content (AvgIpc) is 3.35. The molecule has 1 aromatic carbocycles. The van der Waals surface area contributed by atoms with Gasteiger partial charge in [-0.1, -0.05) is 24.3 Å². The van der Waals surface area contributed by atoms with Crippen LogP contribution < -0.4 is 10.7 Å². The number of benzene rings is 1. The maximum atomic E-state index is 13.3. The Bertz CT molecular complexity index is 1310. The number of amides is 1. The Hall–Kier alpha value is -4.00. The molecule has 0 bridgehead atoms. The maximum absolute atomic E-state index is 13.3. The quantitative estimate of drug-likeness (QED) is 0.392. The lowest BCUT2D eigenvalue weighted by Crippen LogP contribution is -2.34. The molecule has 0 aliphatic carbocycles. The van der Waals surface area contributed by atoms with Crippen molar-refractivity contribution >= 4 is 5.91 Å². The predicted octanol–water partition coefficient (Wildman–Crippen LogP) is 3.52. The maximum Gasteiger partial charge on any atom is 0.257 e. The van der Waals surface area contributed by atoms with E-state index in [0.717, 1.165) is 41.0 Å². The van der Waals surface area contributed by atoms with E-state index in [0.29, 0.717) is 19.5 Å². The number of pyridine rings is 2. The molecule has 34 heavy (non-hydrogen) atoms. The molecule has 7 nitrogen and oxygen atoms in total. The smallest absolute Gasteiger partial charge is 0.257 e. The molecule has 0 radical (unpaired) electrons. The SMILES string of the molecule is Cc1ccccc1Cc1c(C(=O)NCCCn2ccnc2)c(=O)cc(C)n1Cc1ccncc1. The van der Waals surface area contributed by atoms with Crippen LogP contribution in [0.2, 0.25) is 0 Å². The molecule has 4 rings (SSSR count). The number of rotatable bonds is 9. The molecule has 3 aromatic heterocycles. The summed E-state index contributed by atoms with van der Waals surface area (Å²) in [5.74, 6) is -0.331. The van der Waals surface area contributed by atoms with Gasteiger partial charge in [0.2, 0.25) is 0 Å². The zero-order chi connectivity index (χ0) is 23.9. The summed E-state index contributed by atoms with van der Waals surface area (Å²) >= 11 is 0. The van der Waals surface area contributed by atoms with Crippen LogP contribution in [0.25, 0.3) is 0 Å². The van der Waals surface area contributed by atoms with Crippen LogP contribution >= 0.6 is 0 Å². The second-order valence-electron chi connectivity index (χ2n) is 8.43. The Morgan fingerprint density at radius 3 is 2.56 bits per heavy atom. The fourth-order valence-corrected chi connectivity index (χ4v) is 4.11. The zero-order valence-electron chi connectivity index (χ0n) is 19.6. The summed E-state index contributed by atoms with van der Waals surface area (Å²) < 4.78 is 4.03. The first-order valence-corrected chi connectivity index (χ1v) is 11.4. The second-order valence-corrected chi connectivity index (χ2v) is 8.43. The third-order valence-electron chi connectivity index (χ3n) is 6.00. The highest BCUT2D eigenvalue weighted by Gasteiger charge is 2.21. The molecule has 0 saturated heterocycles. The van der Waals surface area contributed by atoms with Gasteiger partial charge in [0.15, 0.2) is 5.43 Å². The van der Waals surface area contributed by atoms with Gasteiger partial charge < -0.3 is 14.5 Å². The van der Waals surface area contributed by atoms with Gasteiger partial charge in [0.05, 0.1) is 6.33 Å². The highest BCUT2D eigenvalue weighted by atomic mass is 16.2. The fourth-order valence-electron chi connectivity index (χ4n) is 4.11. The number of nitrogens with one attached hydrogen (secondary N) is 1. The zero-order valence-corrected chi connectivity index (χ0v) is 19.6. The van der Waals surface area contributed by atoms with Crippen molar-refractivity contribution in [3.63, 3.8) is 0 Å². The van der Waals surface area contributed by atoms with Crippen molar-refractivity contribution in [1.82, 2.24) is 24.4 Å². The Kier molecular flexibility index (Phi) is 7.32. The topological polar surface area (TPSA) is 81.8 Å². The number of aryl methyl sites for hydroxylation is 3. The number of carbonyl (C=O) groups is 1. The third kappa shape index (κ3) is 5.49. The van der Waals surface area contributed by atoms with Crippen LogP contribution in [0.4, 0.5) is 0 Å². The standard InChI is InChI=1S/C27H29N5O2/c1-20-6-3-4-7-23(20)17-24-26(27(34)30-10-5-14-31-15-13-29-19-31)25(33)16-21(2)32(24)18-22-8-11-28-12-9-22/h3-4,6-9,11-13,15-16,19H,5,10,14,17-18H2,1-2H3,(H,30,34). The number of imidazole rings is 1. The van der Waals surface area contributed by atoms with Crippen molar-refractivity contribution in [2.75, 3.05) is 6.54 Å². The lowest BCUT2D eigenvalue weighted by atomic mass is 9.99. The van der Waals surface area contributed by atoms with Gasteiger partial charge in [-0.15, -0.1) is 0 Å². The summed E-state index contributed by atoms with van der Waals surface area (Å²) in [5, 5.41) is 2.96. The number of aromatic nitrogens is 4. The van der Waals surface area contributed by atoms with Gasteiger partial charge in [0.1, 0.15) is 5.56 Å². The highest BCUT2D eigenvalue weighted by Crippen LogP contribution is 2.19. The van der Waals surface area contributed by atoms with E-state index < -0.39 is 0 Å². The first-order valence-electron chi connectivity index (χ1n) is 11.4. The van der Waals surface area contributed by atoms with Crippen molar-refractivity contribution in [3.05, 3.63) is 117 Å². The molecule has 0 aliphatic rings. The van der Waals surface area contributed by atoms with Crippen molar-refractivity contribution in [2.45, 2.75) is 39.8 Å². The van der Waals surface area contributed by atoms with Crippen molar-refractivity contribution < 1.29 is 4.79 Å². The Labute approximate surface area is 199 Å². The minimum atomic E-state index is -0.331. The van der Waals surface area contributed by atoms with Gasteiger partial charge >= 0.3 is 0 Å². The van der Waals surface area contributed by atoms with Crippen molar-refractivity contribution in [3.8, 4) is 0 Å². The molecule has 0 atom stereocenters.